The molecule has 6 heteroatoms. The van der Waals surface area contributed by atoms with Gasteiger partial charge in [-0.2, -0.15) is 5.26 Å². The number of nitriles is 1. The van der Waals surface area contributed by atoms with Gasteiger partial charge in [-0.05, 0) is 12.1 Å². The standard InChI is InChI=1S/C14H13N3O3/c1-8-11(14(20)17(2)13(8)19)12(18)16-10-6-4-3-5-9(10)7-15/h3-6,8,11H,1-2H3,(H,16,18). The van der Waals surface area contributed by atoms with Crippen LogP contribution in [-0.2, 0) is 14.4 Å². The Balaban J connectivity index is 2.23. The molecule has 0 radical (unpaired) electrons. The van der Waals surface area contributed by atoms with Gasteiger partial charge in [0.1, 0.15) is 12.0 Å². The number of benzene rings is 1. The third-order valence-corrected chi connectivity index (χ3v) is 3.40. The lowest BCUT2D eigenvalue weighted by molar-refractivity contribution is -0.138. The van der Waals surface area contributed by atoms with Crippen molar-refractivity contribution in [2.75, 3.05) is 12.4 Å². The summed E-state index contributed by atoms with van der Waals surface area (Å²) < 4.78 is 0. The first-order valence-corrected chi connectivity index (χ1v) is 6.08. The summed E-state index contributed by atoms with van der Waals surface area (Å²) in [5.41, 5.74) is 0.639. The fourth-order valence-electron chi connectivity index (χ4n) is 2.22. The van der Waals surface area contributed by atoms with Gasteiger partial charge in [0, 0.05) is 7.05 Å². The Hall–Kier alpha value is -2.68. The van der Waals surface area contributed by atoms with E-state index >= 15 is 0 Å². The van der Waals surface area contributed by atoms with Crippen LogP contribution in [0.5, 0.6) is 0 Å². The van der Waals surface area contributed by atoms with Crippen LogP contribution < -0.4 is 5.32 Å². The summed E-state index contributed by atoms with van der Waals surface area (Å²) in [6.07, 6.45) is 0. The van der Waals surface area contributed by atoms with E-state index < -0.39 is 23.7 Å². The quantitative estimate of drug-likeness (QED) is 0.634. The maximum atomic E-state index is 12.2. The lowest BCUT2D eigenvalue weighted by atomic mass is 9.96. The molecule has 1 aromatic rings. The average Bonchev–Trinajstić information content (AvgIpc) is 2.63. The molecule has 1 N–H and O–H groups in total. The van der Waals surface area contributed by atoms with Crippen molar-refractivity contribution in [2.24, 2.45) is 11.8 Å². The SMILES string of the molecule is CC1C(=O)N(C)C(=O)C1C(=O)Nc1ccccc1C#N. The highest BCUT2D eigenvalue weighted by molar-refractivity contribution is 6.17. The van der Waals surface area contributed by atoms with Gasteiger partial charge in [0.15, 0.2) is 0 Å². The lowest BCUT2D eigenvalue weighted by Gasteiger charge is -2.12. The smallest absolute Gasteiger partial charge is 0.242 e. The number of carbonyl (C=O) groups is 3. The molecule has 3 amide bonds. The summed E-state index contributed by atoms with van der Waals surface area (Å²) in [5.74, 6) is -3.19. The maximum absolute atomic E-state index is 12.2. The predicted molar refractivity (Wildman–Crippen MR) is 70.2 cm³/mol. The van der Waals surface area contributed by atoms with Gasteiger partial charge in [0.25, 0.3) is 0 Å². The number of rotatable bonds is 2. The molecule has 20 heavy (non-hydrogen) atoms. The molecule has 102 valence electrons. The van der Waals surface area contributed by atoms with Crippen molar-refractivity contribution in [1.29, 1.82) is 5.26 Å². The number of nitrogens with zero attached hydrogens (tertiary/aromatic N) is 2. The summed E-state index contributed by atoms with van der Waals surface area (Å²) in [6, 6.07) is 8.44. The second-order valence-electron chi connectivity index (χ2n) is 4.65. The molecular formula is C14H13N3O3. The zero-order valence-corrected chi connectivity index (χ0v) is 11.1. The van der Waals surface area contributed by atoms with Crippen LogP contribution in [0.2, 0.25) is 0 Å². The van der Waals surface area contributed by atoms with Crippen molar-refractivity contribution in [3.63, 3.8) is 0 Å². The summed E-state index contributed by atoms with van der Waals surface area (Å²) in [6.45, 7) is 1.55. The molecule has 1 saturated heterocycles. The molecular weight excluding hydrogens is 258 g/mol. The van der Waals surface area contributed by atoms with Crippen molar-refractivity contribution in [1.82, 2.24) is 4.90 Å². The Morgan fingerprint density at radius 2 is 1.95 bits per heavy atom. The van der Waals surface area contributed by atoms with Crippen LogP contribution in [0, 0.1) is 23.2 Å². The van der Waals surface area contributed by atoms with Crippen LogP contribution in [-0.4, -0.2) is 29.7 Å². The van der Waals surface area contributed by atoms with E-state index in [1.54, 1.807) is 31.2 Å². The van der Waals surface area contributed by atoms with Gasteiger partial charge in [0.05, 0.1) is 17.2 Å². The normalized spacial score (nSPS) is 21.8. The van der Waals surface area contributed by atoms with Gasteiger partial charge in [-0.15, -0.1) is 0 Å². The largest absolute Gasteiger partial charge is 0.324 e. The van der Waals surface area contributed by atoms with Gasteiger partial charge in [-0.25, -0.2) is 0 Å². The molecule has 1 aromatic carbocycles. The minimum absolute atomic E-state index is 0.304. The second-order valence-corrected chi connectivity index (χ2v) is 4.65. The van der Waals surface area contributed by atoms with Crippen molar-refractivity contribution < 1.29 is 14.4 Å². The second kappa shape index (κ2) is 5.13. The first kappa shape index (κ1) is 13.7. The molecule has 6 nitrogen and oxygen atoms in total. The maximum Gasteiger partial charge on any atom is 0.242 e. The van der Waals surface area contributed by atoms with Crippen LogP contribution in [0.3, 0.4) is 0 Å². The summed E-state index contributed by atoms with van der Waals surface area (Å²) in [7, 11) is 1.36. The van der Waals surface area contributed by atoms with E-state index in [0.29, 0.717) is 11.3 Å². The molecule has 0 spiro atoms. The number of hydrogen-bond donors (Lipinski definition) is 1. The highest BCUT2D eigenvalue weighted by Crippen LogP contribution is 2.26. The number of amides is 3. The van der Waals surface area contributed by atoms with E-state index in [1.165, 1.54) is 7.05 Å². The number of carbonyl (C=O) groups excluding carboxylic acids is 3. The van der Waals surface area contributed by atoms with Crippen LogP contribution in [0.4, 0.5) is 5.69 Å². The van der Waals surface area contributed by atoms with Crippen molar-refractivity contribution in [3.8, 4) is 6.07 Å². The average molecular weight is 271 g/mol. The molecule has 0 aromatic heterocycles. The number of anilines is 1. The minimum atomic E-state index is -1.04. The molecule has 2 unspecified atom stereocenters. The Labute approximate surface area is 116 Å². The van der Waals surface area contributed by atoms with Crippen molar-refractivity contribution in [2.45, 2.75) is 6.92 Å². The van der Waals surface area contributed by atoms with Crippen LogP contribution in [0.1, 0.15) is 12.5 Å². The Kier molecular flexibility index (Phi) is 3.53. The van der Waals surface area contributed by atoms with Gasteiger partial charge in [0.2, 0.25) is 17.7 Å². The van der Waals surface area contributed by atoms with E-state index in [0.717, 1.165) is 4.90 Å². The Morgan fingerprint density at radius 1 is 1.30 bits per heavy atom. The lowest BCUT2D eigenvalue weighted by Crippen LogP contribution is -2.32. The third kappa shape index (κ3) is 2.14. The molecule has 1 aliphatic rings. The van der Waals surface area contributed by atoms with Gasteiger partial charge >= 0.3 is 0 Å². The number of hydrogen-bond acceptors (Lipinski definition) is 4. The topological polar surface area (TPSA) is 90.3 Å². The first-order chi connectivity index (χ1) is 9.47. The fraction of sp³-hybridized carbons (Fsp3) is 0.286. The summed E-state index contributed by atoms with van der Waals surface area (Å²) in [5, 5.41) is 11.5. The zero-order chi connectivity index (χ0) is 14.9. The van der Waals surface area contributed by atoms with E-state index in [-0.39, 0.29) is 5.91 Å². The molecule has 1 heterocycles. The van der Waals surface area contributed by atoms with Gasteiger partial charge in [-0.1, -0.05) is 19.1 Å². The highest BCUT2D eigenvalue weighted by Gasteiger charge is 2.47. The molecule has 2 rings (SSSR count). The number of para-hydroxylation sites is 1. The number of imide groups is 1. The molecule has 0 aliphatic carbocycles. The highest BCUT2D eigenvalue weighted by atomic mass is 16.2. The predicted octanol–water partition coefficient (Wildman–Crippen LogP) is 0.748. The van der Waals surface area contributed by atoms with Crippen molar-refractivity contribution >= 4 is 23.4 Å². The van der Waals surface area contributed by atoms with E-state index in [9.17, 15) is 14.4 Å². The Morgan fingerprint density at radius 3 is 2.50 bits per heavy atom. The first-order valence-electron chi connectivity index (χ1n) is 6.08. The van der Waals surface area contributed by atoms with Crippen LogP contribution in [0.15, 0.2) is 24.3 Å². The molecule has 0 saturated carbocycles. The Bertz CT molecular complexity index is 633. The van der Waals surface area contributed by atoms with Gasteiger partial charge in [-0.3, -0.25) is 19.3 Å². The van der Waals surface area contributed by atoms with E-state index in [2.05, 4.69) is 5.32 Å². The molecule has 1 fully saturated rings. The fourth-order valence-corrected chi connectivity index (χ4v) is 2.22. The van der Waals surface area contributed by atoms with E-state index in [1.807, 2.05) is 6.07 Å². The number of nitrogens with one attached hydrogen (secondary N) is 1. The number of likely N-dealkylation sites (tertiary alicyclic amines) is 1. The third-order valence-electron chi connectivity index (χ3n) is 3.40. The molecule has 0 bridgehead atoms. The molecule has 2 atom stereocenters. The van der Waals surface area contributed by atoms with E-state index in [4.69, 9.17) is 5.26 Å². The van der Waals surface area contributed by atoms with Crippen molar-refractivity contribution in [3.05, 3.63) is 29.8 Å². The zero-order valence-electron chi connectivity index (χ0n) is 11.1. The monoisotopic (exact) mass is 271 g/mol. The molecule has 1 aliphatic heterocycles. The minimum Gasteiger partial charge on any atom is -0.324 e. The van der Waals surface area contributed by atoms with Gasteiger partial charge < -0.3 is 5.32 Å². The summed E-state index contributed by atoms with van der Waals surface area (Å²) in [4.78, 5) is 36.7. The summed E-state index contributed by atoms with van der Waals surface area (Å²) >= 11 is 0. The van der Waals surface area contributed by atoms with Crippen LogP contribution >= 0.6 is 0 Å². The van der Waals surface area contributed by atoms with Crippen LogP contribution in [0.25, 0.3) is 0 Å².